The normalized spacial score (nSPS) is 19.6. The molecule has 3 rings (SSSR count). The van der Waals surface area contributed by atoms with Crippen LogP contribution in [0.25, 0.3) is 0 Å². The number of carbonyl (C=O) groups is 1. The molecule has 0 radical (unpaired) electrons. The van der Waals surface area contributed by atoms with Crippen molar-refractivity contribution in [1.82, 2.24) is 19.8 Å². The molecule has 0 bridgehead atoms. The fraction of sp³-hybridized carbons (Fsp3) is 0.588. The summed E-state index contributed by atoms with van der Waals surface area (Å²) in [7, 11) is 1.97. The van der Waals surface area contributed by atoms with Gasteiger partial charge in [0.05, 0.1) is 17.4 Å². The Morgan fingerprint density at radius 1 is 1.42 bits per heavy atom. The molecule has 1 aliphatic heterocycles. The quantitative estimate of drug-likeness (QED) is 0.931. The minimum Gasteiger partial charge on any atom is -0.338 e. The number of hydrogen-bond donors (Lipinski definition) is 1. The number of rotatable bonds is 4. The fourth-order valence-corrected chi connectivity index (χ4v) is 3.63. The van der Waals surface area contributed by atoms with E-state index in [1.54, 1.807) is 6.07 Å². The minimum atomic E-state index is -0.248. The summed E-state index contributed by atoms with van der Waals surface area (Å²) < 4.78 is 7.01. The number of aryl methyl sites for hydroxylation is 3. The summed E-state index contributed by atoms with van der Waals surface area (Å²) in [5.74, 6) is 0.325. The monoisotopic (exact) mass is 331 g/mol. The second-order valence-electron chi connectivity index (χ2n) is 6.60. The van der Waals surface area contributed by atoms with Gasteiger partial charge in [0.15, 0.2) is 0 Å². The largest absolute Gasteiger partial charge is 0.338 e. The maximum Gasteiger partial charge on any atom is 0.243 e. The molecule has 0 saturated carbocycles. The highest BCUT2D eigenvalue weighted by Gasteiger charge is 2.35. The van der Waals surface area contributed by atoms with Crippen molar-refractivity contribution in [2.75, 3.05) is 11.9 Å². The molecule has 0 unspecified atom stereocenters. The van der Waals surface area contributed by atoms with Crippen LogP contribution in [0, 0.1) is 20.8 Å². The van der Waals surface area contributed by atoms with E-state index >= 15 is 0 Å². The van der Waals surface area contributed by atoms with E-state index in [0.29, 0.717) is 5.88 Å². The maximum absolute atomic E-state index is 12.6. The highest BCUT2D eigenvalue weighted by molar-refractivity contribution is 5.93. The highest BCUT2D eigenvalue weighted by atomic mass is 16.5. The van der Waals surface area contributed by atoms with Crippen LogP contribution in [-0.2, 0) is 11.8 Å². The van der Waals surface area contributed by atoms with E-state index < -0.39 is 0 Å². The van der Waals surface area contributed by atoms with Gasteiger partial charge in [-0.15, -0.1) is 0 Å². The molecule has 2 aromatic heterocycles. The van der Waals surface area contributed by atoms with Crippen LogP contribution in [0.3, 0.4) is 0 Å². The van der Waals surface area contributed by atoms with Crippen molar-refractivity contribution in [2.24, 2.45) is 7.05 Å². The maximum atomic E-state index is 12.6. The van der Waals surface area contributed by atoms with Gasteiger partial charge in [-0.3, -0.25) is 19.7 Å². The van der Waals surface area contributed by atoms with E-state index in [-0.39, 0.29) is 18.0 Å². The Morgan fingerprint density at radius 2 is 2.17 bits per heavy atom. The number of likely N-dealkylation sites (tertiary alicyclic amines) is 1. The van der Waals surface area contributed by atoms with Crippen LogP contribution in [0.1, 0.15) is 48.5 Å². The molecule has 0 aromatic carbocycles. The van der Waals surface area contributed by atoms with Crippen molar-refractivity contribution in [3.8, 4) is 0 Å². The summed E-state index contributed by atoms with van der Waals surface area (Å²) in [6.45, 7) is 8.81. The first-order valence-corrected chi connectivity index (χ1v) is 8.38. The standard InChI is InChI=1S/C17H25N5O2/c1-10-9-15(24-20-10)18-17(23)13(4)22-8-6-7-14(22)16-11(2)19-21(5)12(16)3/h9,13-14H,6-8H2,1-5H3,(H,18,23)/t13-,14-/m0/s1. The number of nitrogens with one attached hydrogen (secondary N) is 1. The summed E-state index contributed by atoms with van der Waals surface area (Å²) in [6, 6.07) is 1.71. The Labute approximate surface area is 142 Å². The zero-order chi connectivity index (χ0) is 17.4. The minimum absolute atomic E-state index is 0.0720. The van der Waals surface area contributed by atoms with Crippen LogP contribution in [0.2, 0.25) is 0 Å². The molecule has 1 N–H and O–H groups in total. The first-order chi connectivity index (χ1) is 11.4. The molecule has 7 nitrogen and oxygen atoms in total. The van der Waals surface area contributed by atoms with E-state index in [0.717, 1.165) is 30.8 Å². The van der Waals surface area contributed by atoms with Crippen LogP contribution in [-0.4, -0.2) is 38.3 Å². The third kappa shape index (κ3) is 2.96. The number of carbonyl (C=O) groups excluding carboxylic acids is 1. The molecule has 1 amide bonds. The predicted octanol–water partition coefficient (Wildman–Crippen LogP) is 2.50. The number of hydrogen-bond acceptors (Lipinski definition) is 5. The number of nitrogens with zero attached hydrogens (tertiary/aromatic N) is 4. The summed E-state index contributed by atoms with van der Waals surface area (Å²) in [4.78, 5) is 14.9. The smallest absolute Gasteiger partial charge is 0.243 e. The number of amides is 1. The molecular weight excluding hydrogens is 306 g/mol. The topological polar surface area (TPSA) is 76.2 Å². The molecule has 7 heteroatoms. The molecule has 3 heterocycles. The lowest BCUT2D eigenvalue weighted by Crippen LogP contribution is -2.41. The molecule has 0 spiro atoms. The fourth-order valence-electron chi connectivity index (χ4n) is 3.63. The second-order valence-corrected chi connectivity index (χ2v) is 6.60. The number of anilines is 1. The summed E-state index contributed by atoms with van der Waals surface area (Å²) in [6.07, 6.45) is 2.13. The van der Waals surface area contributed by atoms with Gasteiger partial charge in [-0.1, -0.05) is 5.16 Å². The lowest BCUT2D eigenvalue weighted by molar-refractivity contribution is -0.121. The molecule has 2 atom stereocenters. The Balaban J connectivity index is 1.78. The van der Waals surface area contributed by atoms with Crippen molar-refractivity contribution in [3.63, 3.8) is 0 Å². The van der Waals surface area contributed by atoms with Crippen LogP contribution in [0.15, 0.2) is 10.6 Å². The second kappa shape index (κ2) is 6.39. The van der Waals surface area contributed by atoms with E-state index in [4.69, 9.17) is 4.52 Å². The number of aromatic nitrogens is 3. The summed E-state index contributed by atoms with van der Waals surface area (Å²) in [5, 5.41) is 11.1. The lowest BCUT2D eigenvalue weighted by Gasteiger charge is -2.30. The lowest BCUT2D eigenvalue weighted by atomic mass is 10.0. The van der Waals surface area contributed by atoms with E-state index in [1.807, 2.05) is 32.5 Å². The SMILES string of the molecule is Cc1cc(NC(=O)[C@H](C)N2CCC[C@H]2c2c(C)nn(C)c2C)on1. The Morgan fingerprint density at radius 3 is 2.75 bits per heavy atom. The van der Waals surface area contributed by atoms with Gasteiger partial charge < -0.3 is 4.52 Å². The summed E-state index contributed by atoms with van der Waals surface area (Å²) in [5.41, 5.74) is 4.22. The van der Waals surface area contributed by atoms with Gasteiger partial charge in [-0.2, -0.15) is 5.10 Å². The first kappa shape index (κ1) is 16.7. The van der Waals surface area contributed by atoms with Gasteiger partial charge >= 0.3 is 0 Å². The van der Waals surface area contributed by atoms with E-state index in [9.17, 15) is 4.79 Å². The van der Waals surface area contributed by atoms with Crippen molar-refractivity contribution >= 4 is 11.8 Å². The van der Waals surface area contributed by atoms with Gasteiger partial charge in [0, 0.05) is 30.4 Å². The molecule has 0 aliphatic carbocycles. The summed E-state index contributed by atoms with van der Waals surface area (Å²) >= 11 is 0. The third-order valence-corrected chi connectivity index (χ3v) is 4.94. The predicted molar refractivity (Wildman–Crippen MR) is 90.7 cm³/mol. The Bertz CT molecular complexity index is 748. The zero-order valence-electron chi connectivity index (χ0n) is 15.0. The van der Waals surface area contributed by atoms with Crippen LogP contribution >= 0.6 is 0 Å². The Hall–Kier alpha value is -2.15. The molecule has 24 heavy (non-hydrogen) atoms. The third-order valence-electron chi connectivity index (χ3n) is 4.94. The molecule has 1 fully saturated rings. The van der Waals surface area contributed by atoms with Gasteiger partial charge in [0.1, 0.15) is 0 Å². The molecule has 1 aliphatic rings. The average molecular weight is 331 g/mol. The molecule has 1 saturated heterocycles. The van der Waals surface area contributed by atoms with Gasteiger partial charge in [-0.25, -0.2) is 0 Å². The zero-order valence-corrected chi connectivity index (χ0v) is 15.0. The molecular formula is C17H25N5O2. The van der Waals surface area contributed by atoms with Gasteiger partial charge in [0.2, 0.25) is 11.8 Å². The van der Waals surface area contributed by atoms with E-state index in [1.165, 1.54) is 11.3 Å². The van der Waals surface area contributed by atoms with Crippen molar-refractivity contribution < 1.29 is 9.32 Å². The van der Waals surface area contributed by atoms with Crippen molar-refractivity contribution in [2.45, 2.75) is 52.6 Å². The van der Waals surface area contributed by atoms with Crippen LogP contribution < -0.4 is 5.32 Å². The Kier molecular flexibility index (Phi) is 4.45. The molecule has 130 valence electrons. The van der Waals surface area contributed by atoms with Crippen molar-refractivity contribution in [3.05, 3.63) is 28.7 Å². The molecule has 2 aromatic rings. The average Bonchev–Trinajstić information content (AvgIpc) is 3.20. The first-order valence-electron chi connectivity index (χ1n) is 8.38. The van der Waals surface area contributed by atoms with Crippen LogP contribution in [0.4, 0.5) is 5.88 Å². The van der Waals surface area contributed by atoms with Gasteiger partial charge in [-0.05, 0) is 47.1 Å². The van der Waals surface area contributed by atoms with Crippen molar-refractivity contribution in [1.29, 1.82) is 0 Å². The van der Waals surface area contributed by atoms with Gasteiger partial charge in [0.25, 0.3) is 0 Å². The highest BCUT2D eigenvalue weighted by Crippen LogP contribution is 2.36. The van der Waals surface area contributed by atoms with Crippen LogP contribution in [0.5, 0.6) is 0 Å². The van der Waals surface area contributed by atoms with E-state index in [2.05, 4.69) is 27.4 Å².